The maximum absolute atomic E-state index is 12.7. The highest BCUT2D eigenvalue weighted by atomic mass is 32.2. The fourth-order valence-electron chi connectivity index (χ4n) is 3.10. The van der Waals surface area contributed by atoms with Gasteiger partial charge in [0.2, 0.25) is 5.88 Å². The molecule has 4 rings (SSSR count). The van der Waals surface area contributed by atoms with Crippen LogP contribution < -0.4 is 4.74 Å². The van der Waals surface area contributed by atoms with Crippen LogP contribution >= 0.6 is 11.8 Å². The van der Waals surface area contributed by atoms with Crippen molar-refractivity contribution in [3.8, 4) is 5.88 Å². The van der Waals surface area contributed by atoms with Crippen LogP contribution in [0.15, 0.2) is 47.8 Å². The lowest BCUT2D eigenvalue weighted by Crippen LogP contribution is -2.52. The molecule has 2 fully saturated rings. The van der Waals surface area contributed by atoms with E-state index in [1.165, 1.54) is 11.8 Å². The molecule has 3 heterocycles. The zero-order chi connectivity index (χ0) is 18.0. The first-order valence-corrected chi connectivity index (χ1v) is 9.50. The van der Waals surface area contributed by atoms with E-state index >= 15 is 0 Å². The topological polar surface area (TPSA) is 79.8 Å². The minimum Gasteiger partial charge on any atom is -0.430 e. The minimum atomic E-state index is -1.38. The molecule has 0 N–H and O–H groups in total. The normalized spacial score (nSPS) is 27.1. The van der Waals surface area contributed by atoms with E-state index in [4.69, 9.17) is 18.9 Å². The van der Waals surface area contributed by atoms with Crippen molar-refractivity contribution in [2.75, 3.05) is 19.5 Å². The molecule has 0 spiro atoms. The highest BCUT2D eigenvalue weighted by molar-refractivity contribution is 7.98. The molecule has 136 valence electrons. The average Bonchev–Trinajstić information content (AvgIpc) is 3.27. The van der Waals surface area contributed by atoms with Crippen LogP contribution in [0, 0.1) is 0 Å². The van der Waals surface area contributed by atoms with Crippen LogP contribution in [0.25, 0.3) is 0 Å². The van der Waals surface area contributed by atoms with Crippen molar-refractivity contribution < 1.29 is 23.7 Å². The summed E-state index contributed by atoms with van der Waals surface area (Å²) in [5.74, 6) is -1.56. The van der Waals surface area contributed by atoms with Gasteiger partial charge in [-0.3, -0.25) is 0 Å². The Labute approximate surface area is 155 Å². The zero-order valence-corrected chi connectivity index (χ0v) is 15.0. The Morgan fingerprint density at radius 1 is 1.27 bits per heavy atom. The molecular formula is C18H18N2O5S. The van der Waals surface area contributed by atoms with Crippen molar-refractivity contribution in [2.45, 2.75) is 29.6 Å². The number of thioether (sulfide) groups is 1. The summed E-state index contributed by atoms with van der Waals surface area (Å²) in [5, 5.41) is 0.565. The third-order valence-corrected chi connectivity index (χ3v) is 4.87. The summed E-state index contributed by atoms with van der Waals surface area (Å²) in [7, 11) is 0. The number of carbonyl (C=O) groups is 1. The highest BCUT2D eigenvalue weighted by Crippen LogP contribution is 2.38. The van der Waals surface area contributed by atoms with Gasteiger partial charge >= 0.3 is 11.8 Å². The van der Waals surface area contributed by atoms with Crippen LogP contribution in [0.1, 0.15) is 16.8 Å². The SMILES string of the molecule is CSc1nccc(O[C@]2(OC(=O)c3ccccc3)CO[C@@H]3CCO[C@H]32)n1. The number of ether oxygens (including phenoxy) is 4. The fraction of sp³-hybridized carbons (Fsp3) is 0.389. The zero-order valence-electron chi connectivity index (χ0n) is 14.2. The van der Waals surface area contributed by atoms with Crippen LogP contribution in [0.4, 0.5) is 0 Å². The van der Waals surface area contributed by atoms with Gasteiger partial charge in [0.15, 0.2) is 11.3 Å². The molecule has 26 heavy (non-hydrogen) atoms. The Bertz CT molecular complexity index is 790. The first-order chi connectivity index (χ1) is 12.7. The summed E-state index contributed by atoms with van der Waals surface area (Å²) >= 11 is 1.40. The third-order valence-electron chi connectivity index (χ3n) is 4.31. The van der Waals surface area contributed by atoms with Crippen molar-refractivity contribution in [1.29, 1.82) is 0 Å². The number of hydrogen-bond acceptors (Lipinski definition) is 8. The molecule has 3 atom stereocenters. The monoisotopic (exact) mass is 374 g/mol. The number of fused-ring (bicyclic) bond motifs is 1. The van der Waals surface area contributed by atoms with E-state index in [-0.39, 0.29) is 12.7 Å². The van der Waals surface area contributed by atoms with E-state index in [0.717, 1.165) is 6.42 Å². The predicted molar refractivity (Wildman–Crippen MR) is 93.1 cm³/mol. The quantitative estimate of drug-likeness (QED) is 0.341. The molecule has 0 saturated carbocycles. The molecule has 7 nitrogen and oxygen atoms in total. The fourth-order valence-corrected chi connectivity index (χ4v) is 3.45. The lowest BCUT2D eigenvalue weighted by atomic mass is 10.1. The minimum absolute atomic E-state index is 0.0828. The molecule has 1 aromatic carbocycles. The second-order valence-electron chi connectivity index (χ2n) is 5.98. The summed E-state index contributed by atoms with van der Waals surface area (Å²) in [4.78, 5) is 21.1. The van der Waals surface area contributed by atoms with E-state index in [0.29, 0.717) is 23.2 Å². The average molecular weight is 374 g/mol. The molecule has 0 radical (unpaired) electrons. The number of rotatable bonds is 5. The van der Waals surface area contributed by atoms with Crippen LogP contribution in [-0.2, 0) is 14.2 Å². The Balaban J connectivity index is 1.63. The van der Waals surface area contributed by atoms with Gasteiger partial charge in [-0.05, 0) is 24.8 Å². The van der Waals surface area contributed by atoms with E-state index < -0.39 is 17.9 Å². The van der Waals surface area contributed by atoms with Crippen LogP contribution in [-0.4, -0.2) is 53.4 Å². The number of hydrogen-bond donors (Lipinski definition) is 0. The summed E-state index contributed by atoms with van der Waals surface area (Å²) < 4.78 is 23.4. The number of benzene rings is 1. The summed E-state index contributed by atoms with van der Waals surface area (Å²) in [5.41, 5.74) is 0.435. The Morgan fingerprint density at radius 3 is 2.92 bits per heavy atom. The lowest BCUT2D eigenvalue weighted by molar-refractivity contribution is -0.195. The number of aromatic nitrogens is 2. The van der Waals surface area contributed by atoms with Gasteiger partial charge in [0, 0.05) is 12.3 Å². The van der Waals surface area contributed by atoms with Crippen molar-refractivity contribution in [3.63, 3.8) is 0 Å². The van der Waals surface area contributed by atoms with Gasteiger partial charge in [0.1, 0.15) is 6.61 Å². The van der Waals surface area contributed by atoms with Crippen LogP contribution in [0.5, 0.6) is 5.88 Å². The van der Waals surface area contributed by atoms with Crippen LogP contribution in [0.3, 0.4) is 0 Å². The van der Waals surface area contributed by atoms with Gasteiger partial charge in [-0.15, -0.1) is 0 Å². The van der Waals surface area contributed by atoms with Crippen LogP contribution in [0.2, 0.25) is 0 Å². The largest absolute Gasteiger partial charge is 0.430 e. The predicted octanol–water partition coefficient (Wildman–Crippen LogP) is 2.32. The molecule has 0 unspecified atom stereocenters. The smallest absolute Gasteiger partial charge is 0.341 e. The number of nitrogens with zero attached hydrogens (tertiary/aromatic N) is 2. The second-order valence-corrected chi connectivity index (χ2v) is 6.75. The molecule has 1 aromatic heterocycles. The Morgan fingerprint density at radius 2 is 2.12 bits per heavy atom. The molecule has 2 aliphatic rings. The van der Waals surface area contributed by atoms with Gasteiger partial charge in [0.25, 0.3) is 0 Å². The Kier molecular flexibility index (Phi) is 4.80. The van der Waals surface area contributed by atoms with Gasteiger partial charge in [-0.2, -0.15) is 4.98 Å². The van der Waals surface area contributed by atoms with Crippen molar-refractivity contribution in [2.24, 2.45) is 0 Å². The van der Waals surface area contributed by atoms with Gasteiger partial charge in [-0.1, -0.05) is 30.0 Å². The van der Waals surface area contributed by atoms with Crippen molar-refractivity contribution >= 4 is 17.7 Å². The van der Waals surface area contributed by atoms with E-state index in [1.807, 2.05) is 12.3 Å². The van der Waals surface area contributed by atoms with Gasteiger partial charge < -0.3 is 18.9 Å². The summed E-state index contributed by atoms with van der Waals surface area (Å²) in [6.45, 7) is 0.614. The molecule has 8 heteroatoms. The summed E-state index contributed by atoms with van der Waals surface area (Å²) in [6.07, 6.45) is 3.55. The van der Waals surface area contributed by atoms with Crippen molar-refractivity contribution in [3.05, 3.63) is 48.2 Å². The first-order valence-electron chi connectivity index (χ1n) is 8.28. The van der Waals surface area contributed by atoms with E-state index in [9.17, 15) is 4.79 Å². The van der Waals surface area contributed by atoms with E-state index in [1.54, 1.807) is 36.5 Å². The van der Waals surface area contributed by atoms with Gasteiger partial charge in [-0.25, -0.2) is 9.78 Å². The molecule has 0 bridgehead atoms. The molecule has 2 aromatic rings. The van der Waals surface area contributed by atoms with Crippen molar-refractivity contribution in [1.82, 2.24) is 9.97 Å². The maximum Gasteiger partial charge on any atom is 0.341 e. The molecule has 0 amide bonds. The highest BCUT2D eigenvalue weighted by Gasteiger charge is 2.59. The first kappa shape index (κ1) is 17.3. The Hall–Kier alpha value is -2.16. The molecule has 2 saturated heterocycles. The maximum atomic E-state index is 12.7. The van der Waals surface area contributed by atoms with E-state index in [2.05, 4.69) is 9.97 Å². The molecule has 0 aliphatic carbocycles. The third kappa shape index (κ3) is 3.27. The second kappa shape index (κ2) is 7.22. The standard InChI is InChI=1S/C18H18N2O5S/c1-26-17-19-9-7-14(20-17)24-18(11-23-13-8-10-22-15(13)18)25-16(21)12-5-3-2-4-6-12/h2-7,9,13,15H,8,10-11H2,1H3/t13-,15-,18+/m1/s1. The molecule has 2 aliphatic heterocycles. The number of esters is 1. The molecular weight excluding hydrogens is 356 g/mol. The van der Waals surface area contributed by atoms with Gasteiger partial charge in [0.05, 0.1) is 18.3 Å². The summed E-state index contributed by atoms with van der Waals surface area (Å²) in [6, 6.07) is 10.4. The lowest BCUT2D eigenvalue weighted by Gasteiger charge is -2.32. The number of carbonyl (C=O) groups excluding carboxylic acids is 1.